The number of nitrogens with zero attached hydrogens (tertiary/aromatic N) is 3. The van der Waals surface area contributed by atoms with Crippen molar-refractivity contribution in [2.24, 2.45) is 0 Å². The number of anilines is 1. The normalized spacial score (nSPS) is 17.4. The topological polar surface area (TPSA) is 85.2 Å². The largest absolute Gasteiger partial charge is 0.397 e. The second-order valence-electron chi connectivity index (χ2n) is 7.90. The van der Waals surface area contributed by atoms with Gasteiger partial charge in [0.25, 0.3) is 5.91 Å². The van der Waals surface area contributed by atoms with Crippen molar-refractivity contribution < 1.29 is 9.32 Å². The van der Waals surface area contributed by atoms with E-state index in [1.165, 1.54) is 0 Å². The van der Waals surface area contributed by atoms with Crippen molar-refractivity contribution in [3.8, 4) is 0 Å². The molecule has 0 bridgehead atoms. The highest BCUT2D eigenvalue weighted by Crippen LogP contribution is 2.33. The molecular formula is C22H26N4O2. The first-order valence-corrected chi connectivity index (χ1v) is 9.86. The molecule has 1 amide bonds. The van der Waals surface area contributed by atoms with E-state index in [1.807, 2.05) is 49.1 Å². The molecule has 1 aromatic carbocycles. The lowest BCUT2D eigenvalue weighted by atomic mass is 9.92. The first-order chi connectivity index (χ1) is 13.5. The van der Waals surface area contributed by atoms with Gasteiger partial charge in [0.05, 0.1) is 22.6 Å². The molecule has 146 valence electrons. The van der Waals surface area contributed by atoms with Crippen molar-refractivity contribution in [2.45, 2.75) is 45.4 Å². The van der Waals surface area contributed by atoms with Crippen LogP contribution in [0.3, 0.4) is 0 Å². The molecule has 1 aliphatic rings. The fourth-order valence-electron chi connectivity index (χ4n) is 4.06. The smallest absolute Gasteiger partial charge is 0.259 e. The van der Waals surface area contributed by atoms with Crippen LogP contribution < -0.4 is 5.73 Å². The lowest BCUT2D eigenvalue weighted by molar-refractivity contribution is 0.0703. The molecule has 4 rings (SSSR count). The predicted molar refractivity (Wildman–Crippen MR) is 109 cm³/mol. The average Bonchev–Trinajstić information content (AvgIpc) is 3.08. The summed E-state index contributed by atoms with van der Waals surface area (Å²) < 4.78 is 5.32. The third-order valence-electron chi connectivity index (χ3n) is 5.53. The standard InChI is InChI=1S/C22H26N4O2/c1-13(2)20-19(14(3)28-25-20)22(27)26-10-6-8-16(12-26)21-17(23)11-15-7-4-5-9-18(15)24-21/h4-5,7,9,11,13,16H,6,8,10,12,23H2,1-3H3/t16-/m0/s1. The fourth-order valence-corrected chi connectivity index (χ4v) is 4.06. The summed E-state index contributed by atoms with van der Waals surface area (Å²) in [7, 11) is 0. The van der Waals surface area contributed by atoms with Gasteiger partial charge in [0.1, 0.15) is 11.3 Å². The molecule has 3 heterocycles. The zero-order valence-corrected chi connectivity index (χ0v) is 16.6. The summed E-state index contributed by atoms with van der Waals surface area (Å²) in [4.78, 5) is 20.0. The van der Waals surface area contributed by atoms with Crippen LogP contribution in [0.25, 0.3) is 10.9 Å². The maximum atomic E-state index is 13.3. The number of aryl methyl sites for hydroxylation is 1. The number of pyridine rings is 1. The van der Waals surface area contributed by atoms with E-state index < -0.39 is 0 Å². The van der Waals surface area contributed by atoms with Gasteiger partial charge in [0, 0.05) is 24.4 Å². The van der Waals surface area contributed by atoms with Gasteiger partial charge in [-0.2, -0.15) is 0 Å². The minimum atomic E-state index is -0.00786. The average molecular weight is 378 g/mol. The quantitative estimate of drug-likeness (QED) is 0.736. The van der Waals surface area contributed by atoms with Crippen molar-refractivity contribution in [3.63, 3.8) is 0 Å². The van der Waals surface area contributed by atoms with Crippen molar-refractivity contribution >= 4 is 22.5 Å². The van der Waals surface area contributed by atoms with Gasteiger partial charge in [0.15, 0.2) is 0 Å². The molecule has 28 heavy (non-hydrogen) atoms. The van der Waals surface area contributed by atoms with Gasteiger partial charge in [-0.3, -0.25) is 9.78 Å². The number of carbonyl (C=O) groups excluding carboxylic acids is 1. The molecule has 0 aliphatic carbocycles. The van der Waals surface area contributed by atoms with Crippen molar-refractivity contribution in [2.75, 3.05) is 18.8 Å². The second kappa shape index (κ2) is 7.26. The van der Waals surface area contributed by atoms with Gasteiger partial charge in [-0.05, 0) is 37.8 Å². The van der Waals surface area contributed by atoms with Gasteiger partial charge in [-0.25, -0.2) is 0 Å². The Kier molecular flexibility index (Phi) is 4.79. The zero-order valence-electron chi connectivity index (χ0n) is 16.6. The molecule has 0 radical (unpaired) electrons. The van der Waals surface area contributed by atoms with Gasteiger partial charge in [-0.1, -0.05) is 37.2 Å². The van der Waals surface area contributed by atoms with Crippen LogP contribution in [0.4, 0.5) is 5.69 Å². The number of carbonyl (C=O) groups is 1. The Hall–Kier alpha value is -2.89. The fraction of sp³-hybridized carbons (Fsp3) is 0.409. The Morgan fingerprint density at radius 2 is 2.11 bits per heavy atom. The number of piperidine rings is 1. The Bertz CT molecular complexity index is 1020. The molecule has 0 saturated carbocycles. The SMILES string of the molecule is Cc1onc(C(C)C)c1C(=O)N1CCC[C@H](c2nc3ccccc3cc2N)C1. The maximum absolute atomic E-state index is 13.3. The summed E-state index contributed by atoms with van der Waals surface area (Å²) in [5, 5.41) is 5.14. The number of rotatable bonds is 3. The predicted octanol–water partition coefficient (Wildman–Crippen LogP) is 4.26. The molecule has 6 nitrogen and oxygen atoms in total. The van der Waals surface area contributed by atoms with Crippen LogP contribution in [0.1, 0.15) is 66.0 Å². The Morgan fingerprint density at radius 1 is 1.32 bits per heavy atom. The minimum Gasteiger partial charge on any atom is -0.397 e. The molecule has 1 saturated heterocycles. The second-order valence-corrected chi connectivity index (χ2v) is 7.90. The van der Waals surface area contributed by atoms with Gasteiger partial charge in [-0.15, -0.1) is 0 Å². The molecule has 2 aromatic heterocycles. The van der Waals surface area contributed by atoms with E-state index in [0.717, 1.165) is 41.7 Å². The molecule has 3 aromatic rings. The van der Waals surface area contributed by atoms with E-state index >= 15 is 0 Å². The van der Waals surface area contributed by atoms with Crippen LogP contribution in [0.2, 0.25) is 0 Å². The van der Waals surface area contributed by atoms with E-state index in [9.17, 15) is 4.79 Å². The first kappa shape index (κ1) is 18.5. The van der Waals surface area contributed by atoms with E-state index in [4.69, 9.17) is 15.2 Å². The number of aromatic nitrogens is 2. The van der Waals surface area contributed by atoms with Crippen LogP contribution in [-0.4, -0.2) is 34.0 Å². The van der Waals surface area contributed by atoms with Crippen molar-refractivity contribution in [3.05, 3.63) is 53.0 Å². The lowest BCUT2D eigenvalue weighted by Crippen LogP contribution is -2.40. The molecule has 6 heteroatoms. The van der Waals surface area contributed by atoms with Crippen LogP contribution in [0.15, 0.2) is 34.9 Å². The lowest BCUT2D eigenvalue weighted by Gasteiger charge is -2.33. The number of amides is 1. The third-order valence-corrected chi connectivity index (χ3v) is 5.53. The zero-order chi connectivity index (χ0) is 19.8. The molecule has 1 fully saturated rings. The highest BCUT2D eigenvalue weighted by Gasteiger charge is 2.31. The summed E-state index contributed by atoms with van der Waals surface area (Å²) in [5.74, 6) is 0.838. The molecular weight excluding hydrogens is 352 g/mol. The van der Waals surface area contributed by atoms with E-state index in [0.29, 0.717) is 23.6 Å². The van der Waals surface area contributed by atoms with Gasteiger partial charge >= 0.3 is 0 Å². The summed E-state index contributed by atoms with van der Waals surface area (Å²) in [6.45, 7) is 7.18. The summed E-state index contributed by atoms with van der Waals surface area (Å²) >= 11 is 0. The number of para-hydroxylation sites is 1. The Labute approximate surface area is 164 Å². The summed E-state index contributed by atoms with van der Waals surface area (Å²) in [6, 6.07) is 9.96. The van der Waals surface area contributed by atoms with Crippen molar-refractivity contribution in [1.82, 2.24) is 15.0 Å². The number of benzene rings is 1. The maximum Gasteiger partial charge on any atom is 0.259 e. The van der Waals surface area contributed by atoms with Crippen LogP contribution in [-0.2, 0) is 0 Å². The Balaban J connectivity index is 1.63. The molecule has 2 N–H and O–H groups in total. The number of fused-ring (bicyclic) bond motifs is 1. The summed E-state index contributed by atoms with van der Waals surface area (Å²) in [5.41, 5.74) is 10.2. The third kappa shape index (κ3) is 3.23. The van der Waals surface area contributed by atoms with Crippen molar-refractivity contribution in [1.29, 1.82) is 0 Å². The highest BCUT2D eigenvalue weighted by molar-refractivity contribution is 5.96. The molecule has 0 unspecified atom stereocenters. The highest BCUT2D eigenvalue weighted by atomic mass is 16.5. The molecule has 0 spiro atoms. The monoisotopic (exact) mass is 378 g/mol. The van der Waals surface area contributed by atoms with Gasteiger partial charge in [0.2, 0.25) is 0 Å². The van der Waals surface area contributed by atoms with E-state index in [-0.39, 0.29) is 17.7 Å². The summed E-state index contributed by atoms with van der Waals surface area (Å²) in [6.07, 6.45) is 1.89. The molecule has 1 aliphatic heterocycles. The van der Waals surface area contributed by atoms with Crippen LogP contribution in [0, 0.1) is 6.92 Å². The van der Waals surface area contributed by atoms with E-state index in [2.05, 4.69) is 5.16 Å². The van der Waals surface area contributed by atoms with E-state index in [1.54, 1.807) is 6.92 Å². The number of nitrogens with two attached hydrogens (primary N) is 1. The van der Waals surface area contributed by atoms with Gasteiger partial charge < -0.3 is 15.2 Å². The Morgan fingerprint density at radius 3 is 2.89 bits per heavy atom. The number of likely N-dealkylation sites (tertiary alicyclic amines) is 1. The number of hydrogen-bond acceptors (Lipinski definition) is 5. The molecule has 1 atom stereocenters. The first-order valence-electron chi connectivity index (χ1n) is 9.86. The van der Waals surface area contributed by atoms with Crippen LogP contribution in [0.5, 0.6) is 0 Å². The number of nitrogen functional groups attached to an aromatic ring is 1. The number of hydrogen-bond donors (Lipinski definition) is 1. The van der Waals surface area contributed by atoms with Crippen LogP contribution >= 0.6 is 0 Å². The minimum absolute atomic E-state index is 0.00786.